The number of hydrogen-bond donors (Lipinski definition) is 3. The second-order valence-corrected chi connectivity index (χ2v) is 5.20. The number of aliphatic imine (C=N–C) groups is 1. The Morgan fingerprint density at radius 2 is 2.10 bits per heavy atom. The molecule has 0 saturated carbocycles. The van der Waals surface area contributed by atoms with Crippen molar-refractivity contribution in [1.82, 2.24) is 9.88 Å². The van der Waals surface area contributed by atoms with E-state index in [4.69, 9.17) is 17.3 Å². The first-order chi connectivity index (χ1) is 9.63. The van der Waals surface area contributed by atoms with Crippen molar-refractivity contribution in [2.75, 3.05) is 12.3 Å². The molecular formula is C14H15ClN4O. The number of fused-ring (bicyclic) bond motifs is 1. The van der Waals surface area contributed by atoms with Crippen molar-refractivity contribution in [3.8, 4) is 0 Å². The molecule has 0 amide bonds. The van der Waals surface area contributed by atoms with Gasteiger partial charge in [-0.15, -0.1) is 0 Å². The number of nitrogen functional groups attached to an aromatic ring is 1. The highest BCUT2D eigenvalue weighted by atomic mass is 35.5. The molecular weight excluding hydrogens is 276 g/mol. The largest absolute Gasteiger partial charge is 0.385 e. The fraction of sp³-hybridized carbons (Fsp3) is 0.214. The van der Waals surface area contributed by atoms with E-state index in [1.54, 1.807) is 17.3 Å². The lowest BCUT2D eigenvalue weighted by molar-refractivity contribution is 0.0552. The molecule has 4 N–H and O–H groups in total. The summed E-state index contributed by atoms with van der Waals surface area (Å²) < 4.78 is 0. The molecule has 1 atom stereocenters. The monoisotopic (exact) mass is 290 g/mol. The van der Waals surface area contributed by atoms with Crippen LogP contribution in [0.15, 0.2) is 35.3 Å². The van der Waals surface area contributed by atoms with E-state index in [2.05, 4.69) is 9.98 Å². The summed E-state index contributed by atoms with van der Waals surface area (Å²) >= 11 is 5.86. The summed E-state index contributed by atoms with van der Waals surface area (Å²) in [7, 11) is 0. The van der Waals surface area contributed by atoms with E-state index in [0.717, 1.165) is 17.0 Å². The number of anilines is 1. The van der Waals surface area contributed by atoms with Crippen molar-refractivity contribution in [2.45, 2.75) is 12.6 Å². The van der Waals surface area contributed by atoms with E-state index >= 15 is 0 Å². The molecule has 20 heavy (non-hydrogen) atoms. The zero-order chi connectivity index (χ0) is 14.1. The highest BCUT2D eigenvalue weighted by molar-refractivity contribution is 6.30. The molecule has 1 aromatic carbocycles. The molecule has 1 aliphatic heterocycles. The van der Waals surface area contributed by atoms with Crippen molar-refractivity contribution < 1.29 is 5.11 Å². The molecule has 0 fully saturated rings. The number of aliphatic hydroxyl groups excluding tert-OH is 1. The topological polar surface area (TPSA) is 77.6 Å². The van der Waals surface area contributed by atoms with Gasteiger partial charge in [0.15, 0.2) is 6.23 Å². The van der Waals surface area contributed by atoms with Crippen LogP contribution in [0.4, 0.5) is 11.6 Å². The first-order valence-corrected chi connectivity index (χ1v) is 6.72. The van der Waals surface area contributed by atoms with Crippen LogP contribution in [-0.4, -0.2) is 27.9 Å². The Labute approximate surface area is 121 Å². The minimum atomic E-state index is -0.719. The van der Waals surface area contributed by atoms with Gasteiger partial charge in [0.05, 0.1) is 6.34 Å². The molecule has 6 heteroatoms. The van der Waals surface area contributed by atoms with Crippen LogP contribution >= 0.6 is 11.6 Å². The Kier molecular flexibility index (Phi) is 3.38. The number of hydrogen-bond acceptors (Lipinski definition) is 4. The van der Waals surface area contributed by atoms with E-state index in [0.29, 0.717) is 23.7 Å². The lowest BCUT2D eigenvalue weighted by Gasteiger charge is -2.28. The summed E-state index contributed by atoms with van der Waals surface area (Å²) in [5, 5.41) is 11.0. The van der Waals surface area contributed by atoms with E-state index in [1.807, 2.05) is 24.3 Å². The molecule has 1 unspecified atom stereocenters. The number of nitrogens with one attached hydrogen (secondary N) is 1. The van der Waals surface area contributed by atoms with Gasteiger partial charge in [-0.05, 0) is 30.2 Å². The van der Waals surface area contributed by atoms with Crippen LogP contribution in [0, 0.1) is 0 Å². The van der Waals surface area contributed by atoms with Gasteiger partial charge < -0.3 is 20.7 Å². The van der Waals surface area contributed by atoms with E-state index in [-0.39, 0.29) is 0 Å². The quantitative estimate of drug-likeness (QED) is 0.812. The number of aliphatic hydroxyl groups is 1. The van der Waals surface area contributed by atoms with Crippen LogP contribution in [0.5, 0.6) is 0 Å². The van der Waals surface area contributed by atoms with E-state index in [9.17, 15) is 5.11 Å². The fourth-order valence-electron chi connectivity index (χ4n) is 2.25. The summed E-state index contributed by atoms with van der Waals surface area (Å²) in [5.41, 5.74) is 7.54. The molecule has 3 rings (SSSR count). The maximum Gasteiger partial charge on any atom is 0.157 e. The highest BCUT2D eigenvalue weighted by Crippen LogP contribution is 2.32. The van der Waals surface area contributed by atoms with Gasteiger partial charge in [-0.2, -0.15) is 0 Å². The number of H-pyrrole nitrogens is 1. The van der Waals surface area contributed by atoms with Gasteiger partial charge in [0, 0.05) is 17.1 Å². The van der Waals surface area contributed by atoms with Gasteiger partial charge in [0.2, 0.25) is 0 Å². The fourth-order valence-corrected chi connectivity index (χ4v) is 2.37. The molecule has 0 bridgehead atoms. The maximum atomic E-state index is 10.3. The van der Waals surface area contributed by atoms with Crippen LogP contribution < -0.4 is 5.73 Å². The molecule has 1 aromatic heterocycles. The second kappa shape index (κ2) is 5.19. The SMILES string of the molecule is Nc1cc2c([nH]1)N=CN(CCc1ccc(Cl)cc1)C2O. The smallest absolute Gasteiger partial charge is 0.157 e. The first-order valence-electron chi connectivity index (χ1n) is 6.34. The number of aromatic nitrogens is 1. The lowest BCUT2D eigenvalue weighted by Crippen LogP contribution is -2.31. The number of rotatable bonds is 3. The summed E-state index contributed by atoms with van der Waals surface area (Å²) in [4.78, 5) is 8.94. The summed E-state index contributed by atoms with van der Waals surface area (Å²) in [6, 6.07) is 9.40. The summed E-state index contributed by atoms with van der Waals surface area (Å²) in [5.74, 6) is 1.13. The summed E-state index contributed by atoms with van der Waals surface area (Å²) in [6.07, 6.45) is 1.72. The van der Waals surface area contributed by atoms with Crippen LogP contribution in [0.3, 0.4) is 0 Å². The average molecular weight is 291 g/mol. The zero-order valence-electron chi connectivity index (χ0n) is 10.8. The molecule has 2 heterocycles. The number of halogens is 1. The number of nitrogens with two attached hydrogens (primary N) is 1. The Bertz CT molecular complexity index is 635. The van der Waals surface area contributed by atoms with Crippen molar-refractivity contribution in [1.29, 1.82) is 0 Å². The van der Waals surface area contributed by atoms with Gasteiger partial charge in [-0.3, -0.25) is 0 Å². The highest BCUT2D eigenvalue weighted by Gasteiger charge is 2.23. The molecule has 5 nitrogen and oxygen atoms in total. The van der Waals surface area contributed by atoms with Gasteiger partial charge in [-0.25, -0.2) is 4.99 Å². The third-order valence-corrected chi connectivity index (χ3v) is 3.60. The van der Waals surface area contributed by atoms with E-state index in [1.165, 1.54) is 0 Å². The average Bonchev–Trinajstić information content (AvgIpc) is 2.81. The molecule has 104 valence electrons. The van der Waals surface area contributed by atoms with Crippen LogP contribution in [0.25, 0.3) is 0 Å². The number of aromatic amines is 1. The molecule has 2 aromatic rings. The Morgan fingerprint density at radius 1 is 1.35 bits per heavy atom. The lowest BCUT2D eigenvalue weighted by atomic mass is 10.1. The van der Waals surface area contributed by atoms with Crippen molar-refractivity contribution in [3.05, 3.63) is 46.5 Å². The predicted molar refractivity (Wildman–Crippen MR) is 80.2 cm³/mol. The van der Waals surface area contributed by atoms with Gasteiger partial charge in [-0.1, -0.05) is 23.7 Å². The third-order valence-electron chi connectivity index (χ3n) is 3.35. The van der Waals surface area contributed by atoms with E-state index < -0.39 is 6.23 Å². The Balaban J connectivity index is 1.68. The minimum Gasteiger partial charge on any atom is -0.385 e. The van der Waals surface area contributed by atoms with Gasteiger partial charge in [0.1, 0.15) is 11.6 Å². The zero-order valence-corrected chi connectivity index (χ0v) is 11.5. The molecule has 0 saturated heterocycles. The minimum absolute atomic E-state index is 0.505. The molecule has 0 radical (unpaired) electrons. The molecule has 0 spiro atoms. The first kappa shape index (κ1) is 13.0. The van der Waals surface area contributed by atoms with Gasteiger partial charge >= 0.3 is 0 Å². The summed E-state index contributed by atoms with van der Waals surface area (Å²) in [6.45, 7) is 0.664. The van der Waals surface area contributed by atoms with Crippen LogP contribution in [0.1, 0.15) is 17.4 Å². The molecule has 0 aliphatic carbocycles. The second-order valence-electron chi connectivity index (χ2n) is 4.76. The number of benzene rings is 1. The Hall–Kier alpha value is -1.98. The van der Waals surface area contributed by atoms with Crippen molar-refractivity contribution in [2.24, 2.45) is 4.99 Å². The van der Waals surface area contributed by atoms with Crippen molar-refractivity contribution >= 4 is 29.6 Å². The van der Waals surface area contributed by atoms with Crippen LogP contribution in [-0.2, 0) is 6.42 Å². The maximum absolute atomic E-state index is 10.3. The molecule has 1 aliphatic rings. The predicted octanol–water partition coefficient (Wildman–Crippen LogP) is 2.46. The Morgan fingerprint density at radius 3 is 2.85 bits per heavy atom. The third kappa shape index (κ3) is 2.50. The standard InChI is InChI=1S/C14H15ClN4O/c15-10-3-1-9(2-4-10)5-6-19-8-17-13-11(14(19)20)7-12(16)18-13/h1-4,7-8,14,18,20H,5-6,16H2. The normalized spacial score (nSPS) is 17.3. The number of nitrogens with zero attached hydrogens (tertiary/aromatic N) is 2. The van der Waals surface area contributed by atoms with Crippen LogP contribution in [0.2, 0.25) is 5.02 Å². The van der Waals surface area contributed by atoms with Crippen molar-refractivity contribution in [3.63, 3.8) is 0 Å². The van der Waals surface area contributed by atoms with Gasteiger partial charge in [0.25, 0.3) is 0 Å².